The molecule has 0 aromatic heterocycles. The van der Waals surface area contributed by atoms with Crippen LogP contribution in [0.4, 0.5) is 5.69 Å². The number of hydrogen-bond donors (Lipinski definition) is 2. The SMILES string of the molecule is COc1cc(/C=N/Nc2ccc(C(=O)O)cc2)ccc1OCc1ccc(Cl)cc1Cl. The van der Waals surface area contributed by atoms with E-state index < -0.39 is 5.97 Å². The summed E-state index contributed by atoms with van der Waals surface area (Å²) in [5.41, 5.74) is 5.33. The van der Waals surface area contributed by atoms with Gasteiger partial charge in [-0.2, -0.15) is 5.10 Å². The molecule has 30 heavy (non-hydrogen) atoms. The number of benzene rings is 3. The molecule has 0 fully saturated rings. The summed E-state index contributed by atoms with van der Waals surface area (Å²) in [5.74, 6) is 0.144. The molecule has 8 heteroatoms. The summed E-state index contributed by atoms with van der Waals surface area (Å²) in [6, 6.07) is 16.9. The van der Waals surface area contributed by atoms with E-state index in [1.807, 2.05) is 12.1 Å². The van der Waals surface area contributed by atoms with Crippen molar-refractivity contribution in [3.05, 3.63) is 87.4 Å². The molecule has 2 N–H and O–H groups in total. The Labute approximate surface area is 183 Å². The Morgan fingerprint density at radius 3 is 2.50 bits per heavy atom. The molecule has 154 valence electrons. The number of hydrogen-bond acceptors (Lipinski definition) is 5. The van der Waals surface area contributed by atoms with E-state index in [4.69, 9.17) is 37.8 Å². The van der Waals surface area contributed by atoms with E-state index >= 15 is 0 Å². The van der Waals surface area contributed by atoms with Gasteiger partial charge in [0.05, 0.1) is 24.6 Å². The van der Waals surface area contributed by atoms with Crippen LogP contribution in [0.2, 0.25) is 10.0 Å². The molecule has 6 nitrogen and oxygen atoms in total. The molecule has 0 aliphatic carbocycles. The molecule has 0 saturated carbocycles. The summed E-state index contributed by atoms with van der Waals surface area (Å²) in [7, 11) is 1.56. The van der Waals surface area contributed by atoms with Gasteiger partial charge in [-0.25, -0.2) is 4.79 Å². The highest BCUT2D eigenvalue weighted by Crippen LogP contribution is 2.30. The van der Waals surface area contributed by atoms with Crippen molar-refractivity contribution in [1.29, 1.82) is 0 Å². The summed E-state index contributed by atoms with van der Waals surface area (Å²) in [4.78, 5) is 10.9. The number of carbonyl (C=O) groups is 1. The van der Waals surface area contributed by atoms with Crippen molar-refractivity contribution in [2.45, 2.75) is 6.61 Å². The molecule has 0 spiro atoms. The van der Waals surface area contributed by atoms with Gasteiger partial charge < -0.3 is 14.6 Å². The van der Waals surface area contributed by atoms with Crippen LogP contribution in [0.5, 0.6) is 11.5 Å². The lowest BCUT2D eigenvalue weighted by molar-refractivity contribution is 0.0697. The fourth-order valence-electron chi connectivity index (χ4n) is 2.55. The Hall–Kier alpha value is -3.22. The minimum Gasteiger partial charge on any atom is -0.493 e. The van der Waals surface area contributed by atoms with Crippen molar-refractivity contribution >= 4 is 41.1 Å². The summed E-state index contributed by atoms with van der Waals surface area (Å²) < 4.78 is 11.2. The lowest BCUT2D eigenvalue weighted by atomic mass is 10.2. The molecule has 0 atom stereocenters. The first-order chi connectivity index (χ1) is 14.5. The second-order valence-corrected chi connectivity index (χ2v) is 7.03. The second kappa shape index (κ2) is 10.0. The average molecular weight is 445 g/mol. The third-order valence-corrected chi connectivity index (χ3v) is 4.71. The van der Waals surface area contributed by atoms with Crippen LogP contribution in [0.15, 0.2) is 65.8 Å². The van der Waals surface area contributed by atoms with Gasteiger partial charge in [0.1, 0.15) is 6.61 Å². The van der Waals surface area contributed by atoms with E-state index in [2.05, 4.69) is 10.5 Å². The van der Waals surface area contributed by atoms with Crippen LogP contribution in [-0.2, 0) is 6.61 Å². The zero-order chi connectivity index (χ0) is 21.5. The van der Waals surface area contributed by atoms with Gasteiger partial charge in [-0.05, 0) is 60.2 Å². The number of anilines is 1. The third-order valence-electron chi connectivity index (χ3n) is 4.13. The van der Waals surface area contributed by atoms with Crippen molar-refractivity contribution in [3.8, 4) is 11.5 Å². The molecule has 0 aliphatic heterocycles. The molecule has 0 bridgehead atoms. The number of halogens is 2. The lowest BCUT2D eigenvalue weighted by Gasteiger charge is -2.12. The molecular formula is C22H18Cl2N2O4. The van der Waals surface area contributed by atoms with Gasteiger partial charge in [-0.1, -0.05) is 29.3 Å². The maximum absolute atomic E-state index is 10.9. The summed E-state index contributed by atoms with van der Waals surface area (Å²) >= 11 is 12.1. The Balaban J connectivity index is 1.64. The highest BCUT2D eigenvalue weighted by Gasteiger charge is 2.08. The highest BCUT2D eigenvalue weighted by molar-refractivity contribution is 6.35. The summed E-state index contributed by atoms with van der Waals surface area (Å²) in [5, 5.41) is 14.2. The molecular weight excluding hydrogens is 427 g/mol. The fraction of sp³-hybridized carbons (Fsp3) is 0.0909. The van der Waals surface area contributed by atoms with Gasteiger partial charge in [-0.3, -0.25) is 5.43 Å². The van der Waals surface area contributed by atoms with E-state index in [9.17, 15) is 4.79 Å². The maximum atomic E-state index is 10.9. The van der Waals surface area contributed by atoms with Crippen LogP contribution in [0.25, 0.3) is 0 Å². The topological polar surface area (TPSA) is 80.2 Å². The number of carboxylic acids is 1. The largest absolute Gasteiger partial charge is 0.493 e. The number of hydrazone groups is 1. The first-order valence-electron chi connectivity index (χ1n) is 8.83. The number of rotatable bonds is 8. The van der Waals surface area contributed by atoms with E-state index in [1.165, 1.54) is 12.1 Å². The van der Waals surface area contributed by atoms with E-state index in [-0.39, 0.29) is 12.2 Å². The fourth-order valence-corrected chi connectivity index (χ4v) is 3.01. The van der Waals surface area contributed by atoms with Crippen molar-refractivity contribution in [1.82, 2.24) is 0 Å². The van der Waals surface area contributed by atoms with Gasteiger partial charge in [0.15, 0.2) is 11.5 Å². The van der Waals surface area contributed by atoms with Crippen LogP contribution in [0.3, 0.4) is 0 Å². The number of methoxy groups -OCH3 is 1. The monoisotopic (exact) mass is 444 g/mol. The number of carboxylic acid groups (broad SMARTS) is 1. The molecule has 0 aliphatic rings. The molecule has 0 radical (unpaired) electrons. The predicted molar refractivity (Wildman–Crippen MR) is 118 cm³/mol. The first-order valence-corrected chi connectivity index (χ1v) is 9.59. The van der Waals surface area contributed by atoms with Crippen LogP contribution >= 0.6 is 23.2 Å². The molecule has 3 rings (SSSR count). The molecule has 0 unspecified atom stereocenters. The van der Waals surface area contributed by atoms with Gasteiger partial charge >= 0.3 is 5.97 Å². The average Bonchev–Trinajstić information content (AvgIpc) is 2.74. The number of nitrogens with one attached hydrogen (secondary N) is 1. The van der Waals surface area contributed by atoms with Crippen LogP contribution in [0, 0.1) is 0 Å². The first kappa shape index (κ1) is 21.5. The Morgan fingerprint density at radius 2 is 1.83 bits per heavy atom. The lowest BCUT2D eigenvalue weighted by Crippen LogP contribution is -1.99. The number of aromatic carboxylic acids is 1. The quantitative estimate of drug-likeness (QED) is 0.342. The standard InChI is InChI=1S/C22H18Cl2N2O4/c1-29-21-10-14(12-25-26-18-7-4-15(5-8-18)22(27)28)2-9-20(21)30-13-16-3-6-17(23)11-19(16)24/h2-12,26H,13H2,1H3,(H,27,28)/b25-12+. The third kappa shape index (κ3) is 5.65. The molecule has 0 heterocycles. The van der Waals surface area contributed by atoms with Crippen LogP contribution in [0.1, 0.15) is 21.5 Å². The zero-order valence-electron chi connectivity index (χ0n) is 15.9. The molecule has 3 aromatic rings. The van der Waals surface area contributed by atoms with E-state index in [0.717, 1.165) is 11.1 Å². The summed E-state index contributed by atoms with van der Waals surface area (Å²) in [6.45, 7) is 0.272. The Bertz CT molecular complexity index is 1070. The zero-order valence-corrected chi connectivity index (χ0v) is 17.4. The van der Waals surface area contributed by atoms with Crippen molar-refractivity contribution in [3.63, 3.8) is 0 Å². The van der Waals surface area contributed by atoms with Crippen molar-refractivity contribution in [2.24, 2.45) is 5.10 Å². The van der Waals surface area contributed by atoms with Crippen LogP contribution < -0.4 is 14.9 Å². The van der Waals surface area contributed by atoms with Crippen LogP contribution in [-0.4, -0.2) is 24.4 Å². The minimum atomic E-state index is -0.974. The van der Waals surface area contributed by atoms with Gasteiger partial charge in [0, 0.05) is 15.6 Å². The van der Waals surface area contributed by atoms with E-state index in [0.29, 0.717) is 27.2 Å². The van der Waals surface area contributed by atoms with Crippen molar-refractivity contribution in [2.75, 3.05) is 12.5 Å². The van der Waals surface area contributed by atoms with Gasteiger partial charge in [0.2, 0.25) is 0 Å². The predicted octanol–water partition coefficient (Wildman–Crippen LogP) is 5.73. The highest BCUT2D eigenvalue weighted by atomic mass is 35.5. The maximum Gasteiger partial charge on any atom is 0.335 e. The van der Waals surface area contributed by atoms with Gasteiger partial charge in [-0.15, -0.1) is 0 Å². The number of ether oxygens (including phenoxy) is 2. The Morgan fingerprint density at radius 1 is 1.07 bits per heavy atom. The Kier molecular flexibility index (Phi) is 7.17. The second-order valence-electron chi connectivity index (χ2n) is 6.19. The smallest absolute Gasteiger partial charge is 0.335 e. The summed E-state index contributed by atoms with van der Waals surface area (Å²) in [6.07, 6.45) is 1.62. The van der Waals surface area contributed by atoms with Gasteiger partial charge in [0.25, 0.3) is 0 Å². The molecule has 3 aromatic carbocycles. The minimum absolute atomic E-state index is 0.213. The van der Waals surface area contributed by atoms with Crippen molar-refractivity contribution < 1.29 is 19.4 Å². The molecule has 0 amide bonds. The normalized spacial score (nSPS) is 10.8. The van der Waals surface area contributed by atoms with E-state index in [1.54, 1.807) is 49.7 Å². The molecule has 0 saturated heterocycles. The number of nitrogens with zero attached hydrogens (tertiary/aromatic N) is 1.